The lowest BCUT2D eigenvalue weighted by Gasteiger charge is -1.91. The highest BCUT2D eigenvalue weighted by Crippen LogP contribution is 2.03. The molecule has 2 aliphatic rings. The van der Waals surface area contributed by atoms with E-state index in [9.17, 15) is 4.79 Å². The predicted octanol–water partition coefficient (Wildman–Crippen LogP) is 0.354. The first-order valence-corrected chi connectivity index (χ1v) is 3.25. The lowest BCUT2D eigenvalue weighted by molar-refractivity contribution is -0.112. The van der Waals surface area contributed by atoms with Crippen LogP contribution in [0, 0.1) is 0 Å². The van der Waals surface area contributed by atoms with Gasteiger partial charge in [-0.25, -0.2) is 0 Å². The van der Waals surface area contributed by atoms with Gasteiger partial charge in [-0.3, -0.25) is 9.79 Å². The highest BCUT2D eigenvalue weighted by Gasteiger charge is 2.20. The number of nitrogens with zero attached hydrogens (tertiary/aromatic N) is 3. The van der Waals surface area contributed by atoms with Crippen LogP contribution in [0.15, 0.2) is 27.5 Å². The predicted molar refractivity (Wildman–Crippen MR) is 42.1 cm³/mol. The molecule has 2 rings (SSSR count). The SMILES string of the molecule is O=C1CC=CN=C2C=NN=C12. The van der Waals surface area contributed by atoms with Crippen molar-refractivity contribution >= 4 is 23.4 Å². The van der Waals surface area contributed by atoms with Crippen molar-refractivity contribution in [1.29, 1.82) is 0 Å². The molecule has 0 atom stereocenters. The normalized spacial score (nSPS) is 20.9. The van der Waals surface area contributed by atoms with E-state index in [1.807, 2.05) is 0 Å². The van der Waals surface area contributed by atoms with Gasteiger partial charge in [-0.05, 0) is 0 Å². The maximum absolute atomic E-state index is 11.2. The molecule has 11 heavy (non-hydrogen) atoms. The van der Waals surface area contributed by atoms with Crippen LogP contribution in [0.5, 0.6) is 0 Å². The molecule has 0 fully saturated rings. The van der Waals surface area contributed by atoms with Crippen molar-refractivity contribution in [2.45, 2.75) is 6.42 Å². The number of carbonyl (C=O) groups is 1. The first-order chi connectivity index (χ1) is 5.38. The number of aliphatic imine (C=N–C) groups is 1. The first-order valence-electron chi connectivity index (χ1n) is 3.25. The van der Waals surface area contributed by atoms with Crippen LogP contribution in [0.2, 0.25) is 0 Å². The minimum atomic E-state index is -0.0185. The number of ketones is 1. The van der Waals surface area contributed by atoms with Gasteiger partial charge in [0.2, 0.25) is 0 Å². The van der Waals surface area contributed by atoms with Gasteiger partial charge in [0.05, 0.1) is 6.21 Å². The Kier molecular flexibility index (Phi) is 1.25. The Labute approximate surface area is 63.0 Å². The van der Waals surface area contributed by atoms with Crippen LogP contribution < -0.4 is 0 Å². The molecule has 2 heterocycles. The Morgan fingerprint density at radius 3 is 3.27 bits per heavy atom. The van der Waals surface area contributed by atoms with Crippen LogP contribution in [0.1, 0.15) is 6.42 Å². The summed E-state index contributed by atoms with van der Waals surface area (Å²) in [4.78, 5) is 15.1. The van der Waals surface area contributed by atoms with E-state index < -0.39 is 0 Å². The molecule has 2 aliphatic heterocycles. The summed E-state index contributed by atoms with van der Waals surface area (Å²) in [5.41, 5.74) is 0.957. The fourth-order valence-electron chi connectivity index (χ4n) is 0.936. The molecule has 0 amide bonds. The summed E-state index contributed by atoms with van der Waals surface area (Å²) < 4.78 is 0. The van der Waals surface area contributed by atoms with Crippen LogP contribution in [-0.4, -0.2) is 23.4 Å². The van der Waals surface area contributed by atoms with Gasteiger partial charge in [0.25, 0.3) is 0 Å². The highest BCUT2D eigenvalue weighted by molar-refractivity contribution is 6.80. The maximum Gasteiger partial charge on any atom is 0.189 e. The first kappa shape index (κ1) is 6.15. The Balaban J connectivity index is 2.47. The largest absolute Gasteiger partial charge is 0.292 e. The van der Waals surface area contributed by atoms with Gasteiger partial charge in [0, 0.05) is 12.6 Å². The van der Waals surface area contributed by atoms with E-state index in [4.69, 9.17) is 0 Å². The number of hydrogen-bond acceptors (Lipinski definition) is 4. The van der Waals surface area contributed by atoms with Crippen molar-refractivity contribution in [3.8, 4) is 0 Å². The van der Waals surface area contributed by atoms with Gasteiger partial charge < -0.3 is 0 Å². The van der Waals surface area contributed by atoms with Crippen LogP contribution >= 0.6 is 0 Å². The van der Waals surface area contributed by atoms with E-state index in [0.717, 1.165) is 0 Å². The third kappa shape index (κ3) is 0.920. The summed E-state index contributed by atoms with van der Waals surface area (Å²) in [5.74, 6) is -0.0185. The molecular formula is C7H5N3O. The zero-order valence-electron chi connectivity index (χ0n) is 5.69. The molecule has 4 nitrogen and oxygen atoms in total. The molecule has 4 heteroatoms. The van der Waals surface area contributed by atoms with Crippen molar-refractivity contribution in [1.82, 2.24) is 0 Å². The fourth-order valence-corrected chi connectivity index (χ4v) is 0.936. The molecule has 0 aromatic heterocycles. The molecule has 0 aromatic carbocycles. The molecule has 0 aliphatic carbocycles. The summed E-state index contributed by atoms with van der Waals surface area (Å²) in [6.45, 7) is 0. The van der Waals surface area contributed by atoms with Crippen LogP contribution in [0.3, 0.4) is 0 Å². The summed E-state index contributed by atoms with van der Waals surface area (Å²) in [6.07, 6.45) is 5.18. The minimum Gasteiger partial charge on any atom is -0.292 e. The quantitative estimate of drug-likeness (QED) is 0.487. The van der Waals surface area contributed by atoms with Crippen LogP contribution in [-0.2, 0) is 4.79 Å². The molecule has 0 N–H and O–H groups in total. The number of rotatable bonds is 0. The summed E-state index contributed by atoms with van der Waals surface area (Å²) >= 11 is 0. The van der Waals surface area contributed by atoms with E-state index in [1.54, 1.807) is 12.3 Å². The highest BCUT2D eigenvalue weighted by atomic mass is 16.1. The number of carbonyl (C=O) groups excluding carboxylic acids is 1. The van der Waals surface area contributed by atoms with Gasteiger partial charge in [0.1, 0.15) is 5.71 Å². The van der Waals surface area contributed by atoms with Gasteiger partial charge >= 0.3 is 0 Å². The molecule has 0 saturated heterocycles. The smallest absolute Gasteiger partial charge is 0.189 e. The number of allylic oxidation sites excluding steroid dienone is 1. The van der Waals surface area contributed by atoms with Crippen molar-refractivity contribution < 1.29 is 4.79 Å². The summed E-state index contributed by atoms with van der Waals surface area (Å²) in [7, 11) is 0. The molecule has 54 valence electrons. The van der Waals surface area contributed by atoms with Crippen molar-refractivity contribution in [3.63, 3.8) is 0 Å². The number of fused-ring (bicyclic) bond motifs is 1. The maximum atomic E-state index is 11.2. The van der Waals surface area contributed by atoms with Crippen LogP contribution in [0.4, 0.5) is 0 Å². The molecule has 0 spiro atoms. The lowest BCUT2D eigenvalue weighted by atomic mass is 10.1. The van der Waals surface area contributed by atoms with Crippen LogP contribution in [0.25, 0.3) is 0 Å². The Hall–Kier alpha value is -1.58. The van der Waals surface area contributed by atoms with Gasteiger partial charge in [-0.2, -0.15) is 5.10 Å². The van der Waals surface area contributed by atoms with Gasteiger partial charge in [-0.15, -0.1) is 5.10 Å². The Morgan fingerprint density at radius 2 is 2.36 bits per heavy atom. The lowest BCUT2D eigenvalue weighted by Crippen LogP contribution is -2.20. The molecule has 0 saturated carbocycles. The van der Waals surface area contributed by atoms with Gasteiger partial charge in [0.15, 0.2) is 11.5 Å². The van der Waals surface area contributed by atoms with Crippen molar-refractivity contribution in [3.05, 3.63) is 12.3 Å². The average molecular weight is 147 g/mol. The Bertz CT molecular complexity index is 323. The number of Topliss-reactive ketones (excluding diaryl/α,β-unsaturated/α-hetero) is 1. The zero-order chi connectivity index (χ0) is 7.68. The minimum absolute atomic E-state index is 0.0185. The molecule has 0 bridgehead atoms. The van der Waals surface area contributed by atoms with E-state index in [0.29, 0.717) is 17.8 Å². The average Bonchev–Trinajstić information content (AvgIpc) is 2.40. The topological polar surface area (TPSA) is 54.1 Å². The van der Waals surface area contributed by atoms with E-state index in [1.165, 1.54) is 6.21 Å². The Morgan fingerprint density at radius 1 is 1.45 bits per heavy atom. The summed E-state index contributed by atoms with van der Waals surface area (Å²) in [6, 6.07) is 0. The third-order valence-corrected chi connectivity index (χ3v) is 1.47. The monoisotopic (exact) mass is 147 g/mol. The number of hydrogen-bond donors (Lipinski definition) is 0. The standard InChI is InChI=1S/C7H5N3O/c11-6-2-1-3-8-5-4-9-10-7(5)6/h1,3-4H,2H2. The molecule has 0 radical (unpaired) electrons. The molecule has 0 aromatic rings. The second kappa shape index (κ2) is 2.23. The second-order valence-corrected chi connectivity index (χ2v) is 2.22. The third-order valence-electron chi connectivity index (χ3n) is 1.47. The van der Waals surface area contributed by atoms with Crippen molar-refractivity contribution in [2.75, 3.05) is 0 Å². The van der Waals surface area contributed by atoms with Gasteiger partial charge in [-0.1, -0.05) is 6.08 Å². The van der Waals surface area contributed by atoms with E-state index in [2.05, 4.69) is 15.2 Å². The van der Waals surface area contributed by atoms with E-state index >= 15 is 0 Å². The fraction of sp³-hybridized carbons (Fsp3) is 0.143. The van der Waals surface area contributed by atoms with E-state index in [-0.39, 0.29) is 5.78 Å². The van der Waals surface area contributed by atoms with Crippen molar-refractivity contribution in [2.24, 2.45) is 15.2 Å². The molecule has 0 unspecified atom stereocenters. The zero-order valence-corrected chi connectivity index (χ0v) is 5.69. The summed E-state index contributed by atoms with van der Waals surface area (Å²) in [5, 5.41) is 7.26. The second-order valence-electron chi connectivity index (χ2n) is 2.22. The molecular weight excluding hydrogens is 142 g/mol.